The third-order valence-corrected chi connectivity index (χ3v) is 11.1. The highest BCUT2D eigenvalue weighted by molar-refractivity contribution is 6.01. The molecule has 2 N–H and O–H groups in total. The maximum absolute atomic E-state index is 15.8. The summed E-state index contributed by atoms with van der Waals surface area (Å²) in [5, 5.41) is 6.22. The molecule has 7 rings (SSSR count). The standard InChI is InChI=1S/C39H42F4N6O4/c1-47-21-29(27-7-12-44-20-28(27)38(47)52)25-17-32(40)30(35(18-25)53-2)22-48-13-8-23(9-14-48)24-10-15-49(16-11-24)34-5-3-26(19-31(34)39(41,42)43)45-33-4-6-36(50)46-37(33)51/h3,5,7,12,17-21,23-24,33,45H,4,6,8-11,13-16,22H2,1-2H3,(H,46,50,51). The Labute approximate surface area is 304 Å². The summed E-state index contributed by atoms with van der Waals surface area (Å²) in [5.74, 6) is -0.0736. The molecule has 3 aliphatic heterocycles. The fourth-order valence-electron chi connectivity index (χ4n) is 8.22. The van der Waals surface area contributed by atoms with Gasteiger partial charge in [-0.15, -0.1) is 0 Å². The highest BCUT2D eigenvalue weighted by atomic mass is 19.4. The Morgan fingerprint density at radius 2 is 1.66 bits per heavy atom. The Morgan fingerprint density at radius 3 is 2.34 bits per heavy atom. The Hall–Kier alpha value is -4.98. The second-order valence-electron chi connectivity index (χ2n) is 14.3. The van der Waals surface area contributed by atoms with Gasteiger partial charge in [-0.2, -0.15) is 13.2 Å². The van der Waals surface area contributed by atoms with Crippen LogP contribution in [-0.4, -0.2) is 65.6 Å². The summed E-state index contributed by atoms with van der Waals surface area (Å²) in [6.45, 7) is 2.93. The van der Waals surface area contributed by atoms with Gasteiger partial charge in [0.25, 0.3) is 5.56 Å². The minimum Gasteiger partial charge on any atom is -0.496 e. The molecule has 4 aromatic rings. The topological polar surface area (TPSA) is 109 Å². The number of amides is 2. The van der Waals surface area contributed by atoms with Crippen LogP contribution in [0.2, 0.25) is 0 Å². The monoisotopic (exact) mass is 734 g/mol. The Kier molecular flexibility index (Phi) is 10.2. The number of aryl methyl sites for hydroxylation is 1. The molecule has 5 heterocycles. The number of carbonyl (C=O) groups is 2. The average molecular weight is 735 g/mol. The highest BCUT2D eigenvalue weighted by Crippen LogP contribution is 2.42. The number of rotatable bonds is 8. The normalized spacial score (nSPS) is 19.4. The van der Waals surface area contributed by atoms with Crippen molar-refractivity contribution >= 4 is 34.0 Å². The van der Waals surface area contributed by atoms with Crippen molar-refractivity contribution in [2.24, 2.45) is 18.9 Å². The first-order valence-corrected chi connectivity index (χ1v) is 18.0. The summed E-state index contributed by atoms with van der Waals surface area (Å²) in [4.78, 5) is 44.4. The van der Waals surface area contributed by atoms with Gasteiger partial charge in [0.2, 0.25) is 11.8 Å². The lowest BCUT2D eigenvalue weighted by atomic mass is 9.78. The van der Waals surface area contributed by atoms with Gasteiger partial charge in [0, 0.05) is 74.2 Å². The number of halogens is 4. The number of aromatic nitrogens is 2. The number of benzene rings is 2. The van der Waals surface area contributed by atoms with Gasteiger partial charge >= 0.3 is 6.18 Å². The summed E-state index contributed by atoms with van der Waals surface area (Å²) in [7, 11) is 3.18. The van der Waals surface area contributed by atoms with Crippen molar-refractivity contribution in [3.63, 3.8) is 0 Å². The number of likely N-dealkylation sites (tertiary alicyclic amines) is 1. The molecule has 10 nitrogen and oxygen atoms in total. The van der Waals surface area contributed by atoms with E-state index in [0.717, 1.165) is 44.8 Å². The van der Waals surface area contributed by atoms with Crippen LogP contribution in [0.5, 0.6) is 5.75 Å². The largest absolute Gasteiger partial charge is 0.496 e. The summed E-state index contributed by atoms with van der Waals surface area (Å²) >= 11 is 0. The van der Waals surface area contributed by atoms with E-state index in [2.05, 4.69) is 20.5 Å². The molecule has 0 bridgehead atoms. The van der Waals surface area contributed by atoms with Gasteiger partial charge in [0.1, 0.15) is 17.6 Å². The average Bonchev–Trinajstić information content (AvgIpc) is 3.15. The maximum atomic E-state index is 15.8. The molecule has 14 heteroatoms. The Morgan fingerprint density at radius 1 is 0.943 bits per heavy atom. The number of anilines is 2. The van der Waals surface area contributed by atoms with Crippen molar-refractivity contribution in [2.75, 3.05) is 43.5 Å². The van der Waals surface area contributed by atoms with Crippen molar-refractivity contribution in [3.8, 4) is 16.9 Å². The SMILES string of the molecule is COc1cc(-c2cn(C)c(=O)c3cnccc23)cc(F)c1CN1CCC(C2CCN(c3ccc(NC4CCC(=O)NC4=O)cc3C(F)(F)F)CC2)CC1. The lowest BCUT2D eigenvalue weighted by Crippen LogP contribution is -2.47. The van der Waals surface area contributed by atoms with Crippen LogP contribution in [0.15, 0.2) is 59.8 Å². The number of nitrogens with one attached hydrogen (secondary N) is 2. The molecule has 0 spiro atoms. The van der Waals surface area contributed by atoms with Crippen molar-refractivity contribution in [3.05, 3.63) is 82.3 Å². The smallest absolute Gasteiger partial charge is 0.418 e. The Bertz CT molecular complexity index is 2090. The van der Waals surface area contributed by atoms with Gasteiger partial charge in [-0.3, -0.25) is 29.6 Å². The molecule has 2 aromatic heterocycles. The van der Waals surface area contributed by atoms with Gasteiger partial charge in [-0.05, 0) is 104 Å². The van der Waals surface area contributed by atoms with Crippen LogP contribution in [-0.2, 0) is 29.4 Å². The predicted molar refractivity (Wildman–Crippen MR) is 193 cm³/mol. The fraction of sp³-hybridized carbons (Fsp3) is 0.436. The first-order chi connectivity index (χ1) is 25.4. The number of nitrogens with zero attached hydrogens (tertiary/aromatic N) is 4. The third-order valence-electron chi connectivity index (χ3n) is 11.1. The molecular formula is C39H42F4N6O4. The zero-order valence-corrected chi connectivity index (χ0v) is 29.6. The van der Waals surface area contributed by atoms with E-state index in [0.29, 0.717) is 64.7 Å². The van der Waals surface area contributed by atoms with E-state index in [9.17, 15) is 27.6 Å². The maximum Gasteiger partial charge on any atom is 0.418 e. The van der Waals surface area contributed by atoms with Crippen LogP contribution in [0, 0.1) is 17.7 Å². The summed E-state index contributed by atoms with van der Waals surface area (Å²) < 4.78 is 65.8. The van der Waals surface area contributed by atoms with Crippen LogP contribution in [0.3, 0.4) is 0 Å². The molecule has 2 amide bonds. The second kappa shape index (κ2) is 14.8. The lowest BCUT2D eigenvalue weighted by molar-refractivity contribution is -0.137. The van der Waals surface area contributed by atoms with Crippen LogP contribution in [0.25, 0.3) is 21.9 Å². The number of carbonyl (C=O) groups excluding carboxylic acids is 2. The number of hydrogen-bond acceptors (Lipinski definition) is 8. The highest BCUT2D eigenvalue weighted by Gasteiger charge is 2.38. The Balaban J connectivity index is 0.970. The number of fused-ring (bicyclic) bond motifs is 1. The molecule has 1 atom stereocenters. The summed E-state index contributed by atoms with van der Waals surface area (Å²) in [6.07, 6.45) is 3.96. The van der Waals surface area contributed by atoms with E-state index in [1.807, 2.05) is 6.07 Å². The van der Waals surface area contributed by atoms with Crippen molar-refractivity contribution < 1.29 is 31.9 Å². The van der Waals surface area contributed by atoms with Gasteiger partial charge in [-0.25, -0.2) is 4.39 Å². The zero-order chi connectivity index (χ0) is 37.4. The minimum absolute atomic E-state index is 0.125. The van der Waals surface area contributed by atoms with Crippen LogP contribution < -0.4 is 25.8 Å². The third kappa shape index (κ3) is 7.59. The van der Waals surface area contributed by atoms with Gasteiger partial charge in [-0.1, -0.05) is 0 Å². The fourth-order valence-corrected chi connectivity index (χ4v) is 8.22. The molecule has 2 aromatic carbocycles. The second-order valence-corrected chi connectivity index (χ2v) is 14.3. The van der Waals surface area contributed by atoms with Gasteiger partial charge in [0.05, 0.1) is 18.1 Å². The number of piperidine rings is 3. The summed E-state index contributed by atoms with van der Waals surface area (Å²) in [5.41, 5.74) is 1.15. The van der Waals surface area contributed by atoms with E-state index in [1.54, 1.807) is 36.5 Å². The molecule has 3 aliphatic rings. The molecular weight excluding hydrogens is 692 g/mol. The molecule has 280 valence electrons. The van der Waals surface area contributed by atoms with Crippen LogP contribution >= 0.6 is 0 Å². The predicted octanol–water partition coefficient (Wildman–Crippen LogP) is 6.11. The van der Waals surface area contributed by atoms with E-state index in [1.165, 1.54) is 30.0 Å². The van der Waals surface area contributed by atoms with Crippen molar-refractivity contribution in [1.29, 1.82) is 0 Å². The van der Waals surface area contributed by atoms with Crippen LogP contribution in [0.1, 0.15) is 49.7 Å². The quantitative estimate of drug-likeness (QED) is 0.165. The number of ether oxygens (including phenoxy) is 1. The number of hydrogen-bond donors (Lipinski definition) is 2. The number of alkyl halides is 3. The van der Waals surface area contributed by atoms with E-state index in [4.69, 9.17) is 4.74 Å². The van der Waals surface area contributed by atoms with Crippen molar-refractivity contribution in [2.45, 2.75) is 57.3 Å². The molecule has 3 fully saturated rings. The molecule has 53 heavy (non-hydrogen) atoms. The number of methoxy groups -OCH3 is 1. The van der Waals surface area contributed by atoms with E-state index < -0.39 is 23.7 Å². The van der Waals surface area contributed by atoms with Crippen LogP contribution in [0.4, 0.5) is 28.9 Å². The van der Waals surface area contributed by atoms with E-state index in [-0.39, 0.29) is 41.5 Å². The summed E-state index contributed by atoms with van der Waals surface area (Å²) in [6, 6.07) is 8.36. The molecule has 0 aliphatic carbocycles. The molecule has 3 saturated heterocycles. The minimum atomic E-state index is -4.59. The number of pyridine rings is 2. The first kappa shape index (κ1) is 36.4. The lowest BCUT2D eigenvalue weighted by Gasteiger charge is -2.41. The van der Waals surface area contributed by atoms with Gasteiger partial charge in [0.15, 0.2) is 0 Å². The van der Waals surface area contributed by atoms with Gasteiger partial charge < -0.3 is 19.5 Å². The van der Waals surface area contributed by atoms with Crippen molar-refractivity contribution in [1.82, 2.24) is 19.8 Å². The first-order valence-electron chi connectivity index (χ1n) is 18.0. The molecule has 1 unspecified atom stereocenters. The molecule has 0 saturated carbocycles. The number of imide groups is 1. The zero-order valence-electron chi connectivity index (χ0n) is 29.6. The molecule has 0 radical (unpaired) electrons. The van der Waals surface area contributed by atoms with E-state index >= 15 is 4.39 Å².